The van der Waals surface area contributed by atoms with Gasteiger partial charge in [0.25, 0.3) is 0 Å². The van der Waals surface area contributed by atoms with Crippen molar-refractivity contribution in [3.8, 4) is 16.9 Å². The molecule has 0 aliphatic carbocycles. The molecule has 0 bridgehead atoms. The molecule has 3 heteroatoms. The number of aryl methyl sites for hydroxylation is 1. The molecular formula is C19H23NO2. The van der Waals surface area contributed by atoms with Gasteiger partial charge in [-0.25, -0.2) is 0 Å². The van der Waals surface area contributed by atoms with Gasteiger partial charge < -0.3 is 10.1 Å². The quantitative estimate of drug-likeness (QED) is 0.913. The molecule has 1 N–H and O–H groups in total. The first kappa shape index (κ1) is 16.1. The molecule has 2 rings (SSSR count). The van der Waals surface area contributed by atoms with Crippen molar-refractivity contribution in [2.24, 2.45) is 0 Å². The van der Waals surface area contributed by atoms with Gasteiger partial charge in [0.15, 0.2) is 0 Å². The predicted molar refractivity (Wildman–Crippen MR) is 90.1 cm³/mol. The molecule has 0 fully saturated rings. The van der Waals surface area contributed by atoms with Gasteiger partial charge in [0.2, 0.25) is 5.91 Å². The summed E-state index contributed by atoms with van der Waals surface area (Å²) < 4.78 is 5.29. The van der Waals surface area contributed by atoms with Gasteiger partial charge in [-0.15, -0.1) is 0 Å². The maximum atomic E-state index is 12.1. The Hall–Kier alpha value is -2.29. The summed E-state index contributed by atoms with van der Waals surface area (Å²) >= 11 is 0. The third kappa shape index (κ3) is 4.10. The number of ether oxygens (including phenoxy) is 1. The van der Waals surface area contributed by atoms with Gasteiger partial charge in [-0.1, -0.05) is 35.9 Å². The molecular weight excluding hydrogens is 274 g/mol. The van der Waals surface area contributed by atoms with Gasteiger partial charge in [0.1, 0.15) is 5.75 Å². The molecule has 0 unspecified atom stereocenters. The van der Waals surface area contributed by atoms with Crippen LogP contribution in [0.2, 0.25) is 0 Å². The van der Waals surface area contributed by atoms with Gasteiger partial charge in [0.05, 0.1) is 13.5 Å². The highest BCUT2D eigenvalue weighted by atomic mass is 16.5. The van der Waals surface area contributed by atoms with Crippen molar-refractivity contribution in [2.75, 3.05) is 7.11 Å². The number of carbonyl (C=O) groups excluding carboxylic acids is 1. The SMILES string of the molecule is COc1cccc(-c2ccc(C)cc2CC(=O)NC(C)C)c1. The zero-order valence-corrected chi connectivity index (χ0v) is 13.6. The lowest BCUT2D eigenvalue weighted by Gasteiger charge is -2.13. The van der Waals surface area contributed by atoms with Crippen LogP contribution in [0.4, 0.5) is 0 Å². The zero-order chi connectivity index (χ0) is 16.1. The molecule has 0 aromatic heterocycles. The Balaban J connectivity index is 2.36. The minimum atomic E-state index is 0.0461. The Morgan fingerprint density at radius 1 is 1.18 bits per heavy atom. The number of rotatable bonds is 5. The lowest BCUT2D eigenvalue weighted by atomic mass is 9.95. The number of amides is 1. The highest BCUT2D eigenvalue weighted by Crippen LogP contribution is 2.28. The first-order valence-electron chi connectivity index (χ1n) is 7.53. The van der Waals surface area contributed by atoms with Crippen molar-refractivity contribution in [2.45, 2.75) is 33.2 Å². The van der Waals surface area contributed by atoms with Crippen LogP contribution in [0.15, 0.2) is 42.5 Å². The van der Waals surface area contributed by atoms with Crippen molar-refractivity contribution < 1.29 is 9.53 Å². The minimum Gasteiger partial charge on any atom is -0.497 e. The normalized spacial score (nSPS) is 10.6. The fourth-order valence-corrected chi connectivity index (χ4v) is 2.49. The number of benzene rings is 2. The highest BCUT2D eigenvalue weighted by Gasteiger charge is 2.11. The lowest BCUT2D eigenvalue weighted by Crippen LogP contribution is -2.31. The lowest BCUT2D eigenvalue weighted by molar-refractivity contribution is -0.120. The Kier molecular flexibility index (Phi) is 5.21. The predicted octanol–water partition coefficient (Wildman–Crippen LogP) is 3.74. The molecule has 0 aliphatic rings. The second-order valence-corrected chi connectivity index (χ2v) is 5.79. The number of hydrogen-bond donors (Lipinski definition) is 1. The number of methoxy groups -OCH3 is 1. The van der Waals surface area contributed by atoms with Crippen molar-refractivity contribution in [3.63, 3.8) is 0 Å². The number of carbonyl (C=O) groups is 1. The summed E-state index contributed by atoms with van der Waals surface area (Å²) in [5.74, 6) is 0.861. The summed E-state index contributed by atoms with van der Waals surface area (Å²) in [5.41, 5.74) is 4.32. The second-order valence-electron chi connectivity index (χ2n) is 5.79. The fraction of sp³-hybridized carbons (Fsp3) is 0.316. The Labute approximate surface area is 132 Å². The standard InChI is InChI=1S/C19H23NO2/c1-13(2)20-19(21)12-16-10-14(3)8-9-18(16)15-6-5-7-17(11-15)22-4/h5-11,13H,12H2,1-4H3,(H,20,21). The zero-order valence-electron chi connectivity index (χ0n) is 13.6. The average Bonchev–Trinajstić information content (AvgIpc) is 2.46. The summed E-state index contributed by atoms with van der Waals surface area (Å²) in [6, 6.07) is 14.3. The molecule has 0 spiro atoms. The summed E-state index contributed by atoms with van der Waals surface area (Å²) in [5, 5.41) is 2.95. The molecule has 0 saturated carbocycles. The molecule has 0 radical (unpaired) electrons. The molecule has 1 amide bonds. The molecule has 116 valence electrons. The fourth-order valence-electron chi connectivity index (χ4n) is 2.49. The van der Waals surface area contributed by atoms with Crippen molar-refractivity contribution in [1.29, 1.82) is 0 Å². The van der Waals surface area contributed by atoms with Crippen LogP contribution < -0.4 is 10.1 Å². The first-order valence-corrected chi connectivity index (χ1v) is 7.53. The molecule has 3 nitrogen and oxygen atoms in total. The molecule has 2 aromatic rings. The van der Waals surface area contributed by atoms with Gasteiger partial charge in [-0.2, -0.15) is 0 Å². The van der Waals surface area contributed by atoms with E-state index in [9.17, 15) is 4.79 Å². The summed E-state index contributed by atoms with van der Waals surface area (Å²) in [4.78, 5) is 12.1. The molecule has 0 atom stereocenters. The van der Waals surface area contributed by atoms with Crippen LogP contribution in [-0.4, -0.2) is 19.1 Å². The van der Waals surface area contributed by atoms with Crippen molar-refractivity contribution >= 4 is 5.91 Å². The van der Waals surface area contributed by atoms with Crippen LogP contribution in [0.5, 0.6) is 5.75 Å². The van der Waals surface area contributed by atoms with Crippen LogP contribution in [0.1, 0.15) is 25.0 Å². The van der Waals surface area contributed by atoms with E-state index in [1.165, 1.54) is 0 Å². The van der Waals surface area contributed by atoms with Gasteiger partial charge in [-0.3, -0.25) is 4.79 Å². The Morgan fingerprint density at radius 3 is 2.64 bits per heavy atom. The average molecular weight is 297 g/mol. The van der Waals surface area contributed by atoms with E-state index < -0.39 is 0 Å². The van der Waals surface area contributed by atoms with Crippen LogP contribution >= 0.6 is 0 Å². The molecule has 0 heterocycles. The van der Waals surface area contributed by atoms with E-state index in [1.807, 2.05) is 45.0 Å². The molecule has 2 aromatic carbocycles. The van der Waals surface area contributed by atoms with E-state index in [4.69, 9.17) is 4.74 Å². The van der Waals surface area contributed by atoms with E-state index in [0.29, 0.717) is 6.42 Å². The van der Waals surface area contributed by atoms with Gasteiger partial charge in [-0.05, 0) is 49.6 Å². The minimum absolute atomic E-state index is 0.0461. The first-order chi connectivity index (χ1) is 10.5. The van der Waals surface area contributed by atoms with E-state index in [1.54, 1.807) is 7.11 Å². The monoisotopic (exact) mass is 297 g/mol. The summed E-state index contributed by atoms with van der Waals surface area (Å²) in [6.45, 7) is 5.98. The van der Waals surface area contributed by atoms with Crippen LogP contribution in [0.25, 0.3) is 11.1 Å². The van der Waals surface area contributed by atoms with E-state index in [2.05, 4.69) is 23.5 Å². The van der Waals surface area contributed by atoms with Crippen LogP contribution in [0, 0.1) is 6.92 Å². The maximum absolute atomic E-state index is 12.1. The smallest absolute Gasteiger partial charge is 0.224 e. The third-order valence-electron chi connectivity index (χ3n) is 3.44. The third-order valence-corrected chi connectivity index (χ3v) is 3.44. The summed E-state index contributed by atoms with van der Waals surface area (Å²) in [6.07, 6.45) is 0.381. The van der Waals surface area contributed by atoms with Crippen LogP contribution in [-0.2, 0) is 11.2 Å². The topological polar surface area (TPSA) is 38.3 Å². The highest BCUT2D eigenvalue weighted by molar-refractivity contribution is 5.82. The summed E-state index contributed by atoms with van der Waals surface area (Å²) in [7, 11) is 1.66. The molecule has 0 aliphatic heterocycles. The van der Waals surface area contributed by atoms with Crippen LogP contribution in [0.3, 0.4) is 0 Å². The number of nitrogens with one attached hydrogen (secondary N) is 1. The molecule has 22 heavy (non-hydrogen) atoms. The van der Waals surface area contributed by atoms with Crippen molar-refractivity contribution in [3.05, 3.63) is 53.6 Å². The largest absolute Gasteiger partial charge is 0.497 e. The Morgan fingerprint density at radius 2 is 1.95 bits per heavy atom. The van der Waals surface area contributed by atoms with E-state index >= 15 is 0 Å². The van der Waals surface area contributed by atoms with E-state index in [-0.39, 0.29) is 11.9 Å². The Bertz CT molecular complexity index is 662. The second kappa shape index (κ2) is 7.12. The number of hydrogen-bond acceptors (Lipinski definition) is 2. The maximum Gasteiger partial charge on any atom is 0.224 e. The van der Waals surface area contributed by atoms with Crippen molar-refractivity contribution in [1.82, 2.24) is 5.32 Å². The van der Waals surface area contributed by atoms with Gasteiger partial charge in [0, 0.05) is 6.04 Å². The van der Waals surface area contributed by atoms with E-state index in [0.717, 1.165) is 28.0 Å². The van der Waals surface area contributed by atoms with Gasteiger partial charge >= 0.3 is 0 Å². The molecule has 0 saturated heterocycles.